The van der Waals surface area contributed by atoms with Gasteiger partial charge in [-0.1, -0.05) is 48.5 Å². The van der Waals surface area contributed by atoms with Gasteiger partial charge in [0.15, 0.2) is 0 Å². The second-order valence-corrected chi connectivity index (χ2v) is 10.9. The highest BCUT2D eigenvalue weighted by Gasteiger charge is 2.48. The molecule has 4 rings (SSSR count). The van der Waals surface area contributed by atoms with E-state index in [0.717, 1.165) is 58.0 Å². The zero-order valence-corrected chi connectivity index (χ0v) is 21.2. The number of hydrogen-bond acceptors (Lipinski definition) is 2. The molecule has 2 aromatic carbocycles. The average Bonchev–Trinajstić information content (AvgIpc) is 3.70. The van der Waals surface area contributed by atoms with Gasteiger partial charge >= 0.3 is 0 Å². The van der Waals surface area contributed by atoms with Crippen LogP contribution < -0.4 is 0 Å². The molecular weight excluding hydrogens is 435 g/mol. The number of nitrogens with zero attached hydrogens (tertiary/aromatic N) is 2. The summed E-state index contributed by atoms with van der Waals surface area (Å²) in [4.78, 5) is 2.35. The minimum Gasteiger partial charge on any atom is -0.301 e. The highest BCUT2D eigenvalue weighted by molar-refractivity contribution is 6.27. The van der Waals surface area contributed by atoms with Crippen LogP contribution in [0.3, 0.4) is 0 Å². The standard InChI is InChI=1S/C26H33Cl2N.C2H3N/c1-20(2)29(19-13-21-8-4-3-5-9-21)18-7-10-22-23(25(27)14-15-25)11-6-12-24(22)26(28)16-17-26;1-2-3/h3-6,8-9,11-12,20H,7,10,13-19H2,1-2H3;1H3. The molecule has 0 saturated heterocycles. The molecule has 0 N–H and O–H groups in total. The molecule has 2 aliphatic rings. The lowest BCUT2D eigenvalue weighted by molar-refractivity contribution is 0.221. The number of hydrogen-bond donors (Lipinski definition) is 0. The molecule has 0 heterocycles. The Morgan fingerprint density at radius 3 is 1.88 bits per heavy atom. The Kier molecular flexibility index (Phi) is 8.68. The Morgan fingerprint density at radius 1 is 0.875 bits per heavy atom. The number of nitriles is 1. The van der Waals surface area contributed by atoms with Gasteiger partial charge in [-0.15, -0.1) is 23.2 Å². The molecule has 2 fully saturated rings. The average molecular weight is 472 g/mol. The Hall–Kier alpha value is -1.53. The maximum absolute atomic E-state index is 7.32. The quantitative estimate of drug-likeness (QED) is 0.334. The molecule has 0 radical (unpaired) electrons. The van der Waals surface area contributed by atoms with Crippen molar-refractivity contribution in [1.82, 2.24) is 4.90 Å². The second kappa shape index (κ2) is 11.1. The van der Waals surface area contributed by atoms with E-state index in [0.29, 0.717) is 6.04 Å². The SMILES string of the molecule is CC#N.CC(C)N(CCCc1c(C2(Cl)CC2)cccc1C1(Cl)CC1)CCc1ccccc1. The molecule has 2 aliphatic carbocycles. The van der Waals surface area contributed by atoms with Crippen LogP contribution in [0.25, 0.3) is 0 Å². The fourth-order valence-electron chi connectivity index (χ4n) is 4.46. The molecule has 0 bridgehead atoms. The van der Waals surface area contributed by atoms with Crippen molar-refractivity contribution in [3.05, 3.63) is 70.8 Å². The van der Waals surface area contributed by atoms with Crippen LogP contribution in [0, 0.1) is 11.3 Å². The molecule has 172 valence electrons. The van der Waals surface area contributed by atoms with Crippen LogP contribution in [0.4, 0.5) is 0 Å². The summed E-state index contributed by atoms with van der Waals surface area (Å²) >= 11 is 13.7. The lowest BCUT2D eigenvalue weighted by Crippen LogP contribution is -2.34. The third kappa shape index (κ3) is 6.50. The molecule has 0 amide bonds. The zero-order chi connectivity index (χ0) is 23.2. The third-order valence-corrected chi connectivity index (χ3v) is 7.82. The van der Waals surface area contributed by atoms with Crippen molar-refractivity contribution in [3.63, 3.8) is 0 Å². The van der Waals surface area contributed by atoms with Gasteiger partial charge in [0, 0.05) is 19.5 Å². The molecule has 2 nitrogen and oxygen atoms in total. The van der Waals surface area contributed by atoms with Crippen molar-refractivity contribution in [1.29, 1.82) is 5.26 Å². The summed E-state index contributed by atoms with van der Waals surface area (Å²) in [6, 6.07) is 19.8. The minimum atomic E-state index is -0.126. The van der Waals surface area contributed by atoms with Crippen LogP contribution in [0.2, 0.25) is 0 Å². The first-order chi connectivity index (χ1) is 15.3. The molecule has 2 aromatic rings. The van der Waals surface area contributed by atoms with Gasteiger partial charge < -0.3 is 4.90 Å². The first kappa shape index (κ1) is 25.1. The van der Waals surface area contributed by atoms with Crippen LogP contribution in [0.15, 0.2) is 48.5 Å². The van der Waals surface area contributed by atoms with Crippen LogP contribution >= 0.6 is 23.2 Å². The maximum Gasteiger partial charge on any atom is 0.0699 e. The number of benzene rings is 2. The smallest absolute Gasteiger partial charge is 0.0699 e. The van der Waals surface area contributed by atoms with E-state index in [1.54, 1.807) is 6.07 Å². The molecule has 0 atom stereocenters. The zero-order valence-electron chi connectivity index (χ0n) is 19.7. The van der Waals surface area contributed by atoms with Crippen LogP contribution in [0.1, 0.15) is 75.1 Å². The Labute approximate surface area is 204 Å². The lowest BCUT2D eigenvalue weighted by atomic mass is 9.91. The molecule has 0 aliphatic heterocycles. The van der Waals surface area contributed by atoms with E-state index in [-0.39, 0.29) is 9.75 Å². The van der Waals surface area contributed by atoms with Gasteiger partial charge in [-0.25, -0.2) is 0 Å². The summed E-state index contributed by atoms with van der Waals surface area (Å²) in [5.41, 5.74) is 5.56. The van der Waals surface area contributed by atoms with Gasteiger partial charge in [0.05, 0.1) is 15.8 Å². The largest absolute Gasteiger partial charge is 0.301 e. The van der Waals surface area contributed by atoms with Crippen molar-refractivity contribution in [3.8, 4) is 6.07 Å². The van der Waals surface area contributed by atoms with E-state index in [2.05, 4.69) is 67.3 Å². The number of alkyl halides is 2. The van der Waals surface area contributed by atoms with E-state index in [1.807, 2.05) is 0 Å². The monoisotopic (exact) mass is 470 g/mol. The Morgan fingerprint density at radius 2 is 1.41 bits per heavy atom. The maximum atomic E-state index is 7.32. The third-order valence-electron chi connectivity index (χ3n) is 6.65. The van der Waals surface area contributed by atoms with E-state index < -0.39 is 0 Å². The Bertz CT molecular complexity index is 873. The molecule has 4 heteroatoms. The van der Waals surface area contributed by atoms with Crippen LogP contribution in [0.5, 0.6) is 0 Å². The summed E-state index contributed by atoms with van der Waals surface area (Å²) in [5, 5.41) is 7.32. The normalized spacial score (nSPS) is 17.4. The molecule has 2 saturated carbocycles. The summed E-state index contributed by atoms with van der Waals surface area (Å²) in [6.07, 6.45) is 7.70. The first-order valence-electron chi connectivity index (χ1n) is 11.9. The predicted octanol–water partition coefficient (Wildman–Crippen LogP) is 7.56. The van der Waals surface area contributed by atoms with Gasteiger partial charge in [0.2, 0.25) is 0 Å². The van der Waals surface area contributed by atoms with E-state index in [1.165, 1.54) is 29.2 Å². The van der Waals surface area contributed by atoms with E-state index in [4.69, 9.17) is 28.5 Å². The highest BCUT2D eigenvalue weighted by atomic mass is 35.5. The van der Waals surface area contributed by atoms with Crippen molar-refractivity contribution < 1.29 is 0 Å². The topological polar surface area (TPSA) is 27.0 Å². The van der Waals surface area contributed by atoms with Gasteiger partial charge in [-0.3, -0.25) is 0 Å². The van der Waals surface area contributed by atoms with Gasteiger partial charge in [-0.2, -0.15) is 5.26 Å². The fraction of sp³-hybridized carbons (Fsp3) is 0.536. The lowest BCUT2D eigenvalue weighted by Gasteiger charge is -2.27. The first-order valence-corrected chi connectivity index (χ1v) is 12.7. The minimum absolute atomic E-state index is 0.126. The summed E-state index contributed by atoms with van der Waals surface area (Å²) < 4.78 is 0. The molecule has 0 aromatic heterocycles. The number of rotatable bonds is 10. The van der Waals surface area contributed by atoms with Crippen molar-refractivity contribution in [2.75, 3.05) is 13.1 Å². The van der Waals surface area contributed by atoms with Crippen LogP contribution in [-0.2, 0) is 22.6 Å². The Balaban J connectivity index is 0.000000913. The summed E-state index contributed by atoms with van der Waals surface area (Å²) in [6.45, 7) is 8.26. The van der Waals surface area contributed by atoms with Gasteiger partial charge in [-0.05, 0) is 87.6 Å². The van der Waals surface area contributed by atoms with Crippen molar-refractivity contribution in [2.45, 2.75) is 81.5 Å². The predicted molar refractivity (Wildman–Crippen MR) is 136 cm³/mol. The van der Waals surface area contributed by atoms with Crippen LogP contribution in [-0.4, -0.2) is 24.0 Å². The summed E-state index contributed by atoms with van der Waals surface area (Å²) in [7, 11) is 0. The number of halogens is 2. The fourth-order valence-corrected chi connectivity index (χ4v) is 5.00. The van der Waals surface area contributed by atoms with E-state index in [9.17, 15) is 0 Å². The van der Waals surface area contributed by atoms with E-state index >= 15 is 0 Å². The van der Waals surface area contributed by atoms with Crippen molar-refractivity contribution in [2.24, 2.45) is 0 Å². The molecule has 0 unspecified atom stereocenters. The molecule has 32 heavy (non-hydrogen) atoms. The second-order valence-electron chi connectivity index (χ2n) is 9.45. The molecular formula is C28H36Cl2N2. The van der Waals surface area contributed by atoms with Gasteiger partial charge in [0.25, 0.3) is 0 Å². The van der Waals surface area contributed by atoms with Gasteiger partial charge in [0.1, 0.15) is 0 Å². The molecule has 0 spiro atoms. The summed E-state index contributed by atoms with van der Waals surface area (Å²) in [5.74, 6) is 0. The highest BCUT2D eigenvalue weighted by Crippen LogP contribution is 2.58. The van der Waals surface area contributed by atoms with Crippen molar-refractivity contribution >= 4 is 23.2 Å².